The fraction of sp³-hybridized carbons (Fsp3) is 0.538. The van der Waals surface area contributed by atoms with Gasteiger partial charge in [0.1, 0.15) is 5.75 Å². The quantitative estimate of drug-likeness (QED) is 0.754. The van der Waals surface area contributed by atoms with Gasteiger partial charge in [0.25, 0.3) is 0 Å². The summed E-state index contributed by atoms with van der Waals surface area (Å²) in [6, 6.07) is 3.20. The van der Waals surface area contributed by atoms with Gasteiger partial charge in [0.05, 0.1) is 5.02 Å². The van der Waals surface area contributed by atoms with Crippen molar-refractivity contribution in [2.24, 2.45) is 5.41 Å². The molecule has 0 bridgehead atoms. The Hall–Kier alpha value is -0.480. The number of rotatable bonds is 6. The molecule has 5 heteroatoms. The molecule has 0 aliphatic heterocycles. The first-order valence-electron chi connectivity index (χ1n) is 5.84. The standard InChI is InChI=1S/C13H19Cl2NO2/c1-13(2,3-4-17)8-16-7-9-5-10(14)6-11(15)12(9)18/h5-6,16-18H,3-4,7-8H2,1-2H3. The van der Waals surface area contributed by atoms with Crippen LogP contribution < -0.4 is 5.32 Å². The Morgan fingerprint density at radius 3 is 2.56 bits per heavy atom. The SMILES string of the molecule is CC(C)(CCO)CNCc1cc(Cl)cc(Cl)c1O. The molecule has 0 atom stereocenters. The van der Waals surface area contributed by atoms with Gasteiger partial charge in [-0.25, -0.2) is 0 Å². The van der Waals surface area contributed by atoms with Gasteiger partial charge in [0.15, 0.2) is 0 Å². The van der Waals surface area contributed by atoms with Gasteiger partial charge in [0.2, 0.25) is 0 Å². The number of hydrogen-bond acceptors (Lipinski definition) is 3. The lowest BCUT2D eigenvalue weighted by atomic mass is 9.90. The van der Waals surface area contributed by atoms with Crippen LogP contribution in [0.3, 0.4) is 0 Å². The number of aromatic hydroxyl groups is 1. The van der Waals surface area contributed by atoms with Gasteiger partial charge in [-0.05, 0) is 24.0 Å². The van der Waals surface area contributed by atoms with Gasteiger partial charge in [-0.2, -0.15) is 0 Å². The van der Waals surface area contributed by atoms with Crippen molar-refractivity contribution in [1.29, 1.82) is 0 Å². The summed E-state index contributed by atoms with van der Waals surface area (Å²) in [6.07, 6.45) is 0.724. The number of aliphatic hydroxyl groups is 1. The Kier molecular flexibility index (Phi) is 5.73. The summed E-state index contributed by atoms with van der Waals surface area (Å²) >= 11 is 11.7. The van der Waals surface area contributed by atoms with E-state index < -0.39 is 0 Å². The van der Waals surface area contributed by atoms with Crippen molar-refractivity contribution in [1.82, 2.24) is 5.32 Å². The second-order valence-electron chi connectivity index (χ2n) is 5.14. The second-order valence-corrected chi connectivity index (χ2v) is 5.98. The van der Waals surface area contributed by atoms with Crippen molar-refractivity contribution in [2.45, 2.75) is 26.8 Å². The zero-order valence-corrected chi connectivity index (χ0v) is 12.1. The van der Waals surface area contributed by atoms with E-state index in [4.69, 9.17) is 28.3 Å². The Bertz CT molecular complexity index is 408. The highest BCUT2D eigenvalue weighted by Gasteiger charge is 2.17. The minimum Gasteiger partial charge on any atom is -0.506 e. The lowest BCUT2D eigenvalue weighted by molar-refractivity contribution is 0.207. The minimum absolute atomic E-state index is 0.00669. The molecule has 0 aromatic heterocycles. The third kappa shape index (κ3) is 4.65. The smallest absolute Gasteiger partial charge is 0.138 e. The van der Waals surface area contributed by atoms with Crippen LogP contribution in [0.1, 0.15) is 25.8 Å². The third-order valence-corrected chi connectivity index (χ3v) is 3.32. The van der Waals surface area contributed by atoms with Crippen LogP contribution in [-0.2, 0) is 6.54 Å². The van der Waals surface area contributed by atoms with Crippen LogP contribution in [0.2, 0.25) is 10.0 Å². The maximum atomic E-state index is 9.78. The highest BCUT2D eigenvalue weighted by Crippen LogP contribution is 2.31. The first kappa shape index (κ1) is 15.6. The molecule has 0 fully saturated rings. The molecular weight excluding hydrogens is 273 g/mol. The van der Waals surface area contributed by atoms with Crippen molar-refractivity contribution in [3.05, 3.63) is 27.7 Å². The number of hydrogen-bond donors (Lipinski definition) is 3. The molecule has 0 heterocycles. The average molecular weight is 292 g/mol. The molecular formula is C13H19Cl2NO2. The highest BCUT2D eigenvalue weighted by molar-refractivity contribution is 6.35. The zero-order valence-electron chi connectivity index (χ0n) is 10.6. The van der Waals surface area contributed by atoms with Crippen molar-refractivity contribution in [2.75, 3.05) is 13.2 Å². The van der Waals surface area contributed by atoms with Crippen LogP contribution in [0, 0.1) is 5.41 Å². The predicted octanol–water partition coefficient (Wildman–Crippen LogP) is 3.20. The maximum Gasteiger partial charge on any atom is 0.138 e. The van der Waals surface area contributed by atoms with Crippen LogP contribution in [-0.4, -0.2) is 23.4 Å². The van der Waals surface area contributed by atoms with Gasteiger partial charge in [-0.3, -0.25) is 0 Å². The Labute approximate surface area is 118 Å². The molecule has 1 aromatic rings. The summed E-state index contributed by atoms with van der Waals surface area (Å²) < 4.78 is 0. The fourth-order valence-corrected chi connectivity index (χ4v) is 2.22. The molecule has 0 saturated heterocycles. The molecule has 102 valence electrons. The molecule has 0 aliphatic rings. The summed E-state index contributed by atoms with van der Waals surface area (Å²) in [5, 5.41) is 22.7. The number of phenolic OH excluding ortho intramolecular Hbond substituents is 1. The summed E-state index contributed by atoms with van der Waals surface area (Å²) in [4.78, 5) is 0. The van der Waals surface area contributed by atoms with E-state index in [9.17, 15) is 5.11 Å². The summed E-state index contributed by atoms with van der Waals surface area (Å²) in [5.41, 5.74) is 0.680. The van der Waals surface area contributed by atoms with E-state index >= 15 is 0 Å². The summed E-state index contributed by atoms with van der Waals surface area (Å²) in [5.74, 6) is 0.0635. The van der Waals surface area contributed by atoms with Crippen LogP contribution in [0.5, 0.6) is 5.75 Å². The molecule has 0 saturated carbocycles. The van der Waals surface area contributed by atoms with Crippen molar-refractivity contribution in [3.63, 3.8) is 0 Å². The van der Waals surface area contributed by atoms with Gasteiger partial charge >= 0.3 is 0 Å². The van der Waals surface area contributed by atoms with Crippen LogP contribution in [0.15, 0.2) is 12.1 Å². The van der Waals surface area contributed by atoms with E-state index in [-0.39, 0.29) is 22.8 Å². The number of halogens is 2. The number of benzene rings is 1. The van der Waals surface area contributed by atoms with Gasteiger partial charge in [-0.15, -0.1) is 0 Å². The molecule has 0 radical (unpaired) electrons. The van der Waals surface area contributed by atoms with Crippen molar-refractivity contribution < 1.29 is 10.2 Å². The lowest BCUT2D eigenvalue weighted by Crippen LogP contribution is -2.29. The van der Waals surface area contributed by atoms with E-state index in [1.165, 1.54) is 6.07 Å². The van der Waals surface area contributed by atoms with Gasteiger partial charge in [-0.1, -0.05) is 37.0 Å². The van der Waals surface area contributed by atoms with Gasteiger partial charge < -0.3 is 15.5 Å². The van der Waals surface area contributed by atoms with E-state index in [1.807, 2.05) is 0 Å². The minimum atomic E-state index is 0.00669. The van der Waals surface area contributed by atoms with E-state index in [2.05, 4.69) is 19.2 Å². The third-order valence-electron chi connectivity index (χ3n) is 2.81. The molecule has 3 nitrogen and oxygen atoms in total. The molecule has 0 spiro atoms. The predicted molar refractivity (Wildman–Crippen MR) is 75.3 cm³/mol. The Balaban J connectivity index is 2.59. The largest absolute Gasteiger partial charge is 0.506 e. The lowest BCUT2D eigenvalue weighted by Gasteiger charge is -2.24. The normalized spacial score (nSPS) is 11.8. The van der Waals surface area contributed by atoms with Gasteiger partial charge in [0, 0.05) is 30.3 Å². The van der Waals surface area contributed by atoms with Crippen molar-refractivity contribution >= 4 is 23.2 Å². The Morgan fingerprint density at radius 1 is 1.28 bits per heavy atom. The molecule has 0 unspecified atom stereocenters. The number of nitrogens with one attached hydrogen (secondary N) is 1. The fourth-order valence-electron chi connectivity index (χ4n) is 1.68. The van der Waals surface area contributed by atoms with Crippen molar-refractivity contribution in [3.8, 4) is 5.75 Å². The highest BCUT2D eigenvalue weighted by atomic mass is 35.5. The van der Waals surface area contributed by atoms with Crippen LogP contribution in [0.4, 0.5) is 0 Å². The summed E-state index contributed by atoms with van der Waals surface area (Å²) in [7, 11) is 0. The first-order chi connectivity index (χ1) is 8.35. The van der Waals surface area contributed by atoms with E-state index in [1.54, 1.807) is 6.07 Å². The molecule has 1 rings (SSSR count). The zero-order chi connectivity index (χ0) is 13.8. The van der Waals surface area contributed by atoms with E-state index in [0.29, 0.717) is 17.1 Å². The second kappa shape index (κ2) is 6.62. The first-order valence-corrected chi connectivity index (χ1v) is 6.60. The topological polar surface area (TPSA) is 52.5 Å². The molecule has 3 N–H and O–H groups in total. The molecule has 0 aliphatic carbocycles. The molecule has 0 amide bonds. The molecule has 18 heavy (non-hydrogen) atoms. The Morgan fingerprint density at radius 2 is 1.94 bits per heavy atom. The van der Waals surface area contributed by atoms with Crippen LogP contribution >= 0.6 is 23.2 Å². The number of phenols is 1. The summed E-state index contributed by atoms with van der Waals surface area (Å²) in [6.45, 7) is 5.53. The van der Waals surface area contributed by atoms with Crippen LogP contribution in [0.25, 0.3) is 0 Å². The maximum absolute atomic E-state index is 9.78. The number of aliphatic hydroxyl groups excluding tert-OH is 1. The monoisotopic (exact) mass is 291 g/mol. The average Bonchev–Trinajstić information content (AvgIpc) is 2.24. The molecule has 1 aromatic carbocycles. The van der Waals surface area contributed by atoms with E-state index in [0.717, 1.165) is 13.0 Å².